The standard InChI is InChI=1S/C19H31N5O6/c1-9(2)5-13(22-17(27)11(4)20)18(28)21-12-6-15(30-14(12)8-25)24-7-10(3)16(26)23-19(24)29/h7,9,11-15,25H,5-6,8,20H2,1-4H3,(H,21,28)(H,22,27)(H,23,26,29)/t11-,12-,13-,14+,15+/m0/s1. The van der Waals surface area contributed by atoms with Crippen molar-refractivity contribution in [3.8, 4) is 0 Å². The lowest BCUT2D eigenvalue weighted by Crippen LogP contribution is -2.54. The molecule has 2 heterocycles. The van der Waals surface area contributed by atoms with Crippen LogP contribution in [0.25, 0.3) is 0 Å². The summed E-state index contributed by atoms with van der Waals surface area (Å²) in [4.78, 5) is 50.8. The van der Waals surface area contributed by atoms with Crippen molar-refractivity contribution >= 4 is 11.8 Å². The van der Waals surface area contributed by atoms with E-state index in [1.807, 2.05) is 13.8 Å². The van der Waals surface area contributed by atoms with Crippen molar-refractivity contribution in [2.45, 2.75) is 71.0 Å². The molecule has 6 N–H and O–H groups in total. The molecule has 0 aromatic carbocycles. The number of rotatable bonds is 8. The Balaban J connectivity index is 2.16. The van der Waals surface area contributed by atoms with Crippen LogP contribution in [0.2, 0.25) is 0 Å². The fourth-order valence-electron chi connectivity index (χ4n) is 3.31. The summed E-state index contributed by atoms with van der Waals surface area (Å²) in [5.74, 6) is -0.723. The van der Waals surface area contributed by atoms with E-state index in [2.05, 4.69) is 15.6 Å². The number of carbonyl (C=O) groups is 2. The van der Waals surface area contributed by atoms with Gasteiger partial charge in [0.1, 0.15) is 18.4 Å². The lowest BCUT2D eigenvalue weighted by Gasteiger charge is -2.24. The molecule has 2 rings (SSSR count). The van der Waals surface area contributed by atoms with E-state index in [9.17, 15) is 24.3 Å². The summed E-state index contributed by atoms with van der Waals surface area (Å²) in [7, 11) is 0. The van der Waals surface area contributed by atoms with Gasteiger partial charge in [0.2, 0.25) is 11.8 Å². The molecule has 5 atom stereocenters. The predicted molar refractivity (Wildman–Crippen MR) is 109 cm³/mol. The average Bonchev–Trinajstić information content (AvgIpc) is 3.06. The van der Waals surface area contributed by atoms with E-state index in [-0.39, 0.29) is 18.9 Å². The number of H-pyrrole nitrogens is 1. The first kappa shape index (κ1) is 23.8. The van der Waals surface area contributed by atoms with E-state index in [4.69, 9.17) is 10.5 Å². The zero-order chi connectivity index (χ0) is 22.6. The third-order valence-corrected chi connectivity index (χ3v) is 4.95. The zero-order valence-corrected chi connectivity index (χ0v) is 17.7. The monoisotopic (exact) mass is 425 g/mol. The smallest absolute Gasteiger partial charge is 0.330 e. The molecule has 1 aromatic rings. The quantitative estimate of drug-likeness (QED) is 0.337. The van der Waals surface area contributed by atoms with Crippen LogP contribution in [-0.4, -0.2) is 57.3 Å². The summed E-state index contributed by atoms with van der Waals surface area (Å²) in [5, 5.41) is 15.1. The minimum absolute atomic E-state index is 0.137. The largest absolute Gasteiger partial charge is 0.394 e. The maximum atomic E-state index is 12.8. The van der Waals surface area contributed by atoms with Gasteiger partial charge in [-0.15, -0.1) is 0 Å². The molecule has 0 aliphatic carbocycles. The molecule has 0 unspecified atom stereocenters. The highest BCUT2D eigenvalue weighted by molar-refractivity contribution is 5.89. The van der Waals surface area contributed by atoms with Gasteiger partial charge in [-0.2, -0.15) is 0 Å². The SMILES string of the molecule is Cc1cn([C@H]2C[C@H](NC(=O)[C@H](CC(C)C)NC(=O)[C@H](C)N)[C@@H](CO)O2)c(=O)[nH]c1=O. The Morgan fingerprint density at radius 2 is 2.00 bits per heavy atom. The highest BCUT2D eigenvalue weighted by atomic mass is 16.5. The highest BCUT2D eigenvalue weighted by Gasteiger charge is 2.38. The molecule has 2 amide bonds. The second-order valence-electron chi connectivity index (χ2n) is 8.12. The Morgan fingerprint density at radius 1 is 1.33 bits per heavy atom. The first-order chi connectivity index (χ1) is 14.0. The Morgan fingerprint density at radius 3 is 2.57 bits per heavy atom. The summed E-state index contributed by atoms with van der Waals surface area (Å²) in [6.07, 6.45) is 0.482. The second kappa shape index (κ2) is 10.0. The van der Waals surface area contributed by atoms with Gasteiger partial charge in [-0.3, -0.25) is 23.9 Å². The summed E-state index contributed by atoms with van der Waals surface area (Å²) in [6.45, 7) is 6.56. The van der Waals surface area contributed by atoms with Crippen LogP contribution < -0.4 is 27.6 Å². The Kier molecular flexibility index (Phi) is 7.93. The number of aromatic amines is 1. The highest BCUT2D eigenvalue weighted by Crippen LogP contribution is 2.27. The number of aliphatic hydroxyl groups excluding tert-OH is 1. The van der Waals surface area contributed by atoms with Gasteiger partial charge in [0.05, 0.1) is 18.7 Å². The normalized spacial score (nSPS) is 23.2. The number of nitrogens with two attached hydrogens (primary N) is 1. The number of aromatic nitrogens is 2. The topological polar surface area (TPSA) is 169 Å². The number of nitrogens with zero attached hydrogens (tertiary/aromatic N) is 1. The van der Waals surface area contributed by atoms with Crippen molar-refractivity contribution in [3.05, 3.63) is 32.6 Å². The third kappa shape index (κ3) is 5.77. The molecule has 11 nitrogen and oxygen atoms in total. The van der Waals surface area contributed by atoms with Crippen LogP contribution in [0.1, 0.15) is 45.4 Å². The van der Waals surface area contributed by atoms with Crippen LogP contribution in [0.4, 0.5) is 0 Å². The van der Waals surface area contributed by atoms with Crippen molar-refractivity contribution < 1.29 is 19.4 Å². The van der Waals surface area contributed by atoms with Gasteiger partial charge in [0, 0.05) is 18.2 Å². The number of aryl methyl sites for hydroxylation is 1. The van der Waals surface area contributed by atoms with Gasteiger partial charge < -0.3 is 26.2 Å². The van der Waals surface area contributed by atoms with Crippen LogP contribution in [-0.2, 0) is 14.3 Å². The molecule has 1 saturated heterocycles. The van der Waals surface area contributed by atoms with E-state index < -0.39 is 53.5 Å². The van der Waals surface area contributed by atoms with Crippen molar-refractivity contribution in [1.82, 2.24) is 20.2 Å². The van der Waals surface area contributed by atoms with E-state index >= 15 is 0 Å². The summed E-state index contributed by atoms with van der Waals surface area (Å²) >= 11 is 0. The number of ether oxygens (including phenoxy) is 1. The molecule has 168 valence electrons. The minimum Gasteiger partial charge on any atom is -0.394 e. The molecule has 0 radical (unpaired) electrons. The Labute approximate surface area is 174 Å². The molecule has 1 fully saturated rings. The number of hydrogen-bond acceptors (Lipinski definition) is 7. The van der Waals surface area contributed by atoms with Gasteiger partial charge in [0.15, 0.2) is 0 Å². The van der Waals surface area contributed by atoms with E-state index in [1.54, 1.807) is 6.92 Å². The van der Waals surface area contributed by atoms with Crippen LogP contribution >= 0.6 is 0 Å². The number of aliphatic hydroxyl groups is 1. The summed E-state index contributed by atoms with van der Waals surface area (Å²) in [5.41, 5.74) is 4.80. The van der Waals surface area contributed by atoms with Crippen molar-refractivity contribution in [1.29, 1.82) is 0 Å². The fourth-order valence-corrected chi connectivity index (χ4v) is 3.31. The van der Waals surface area contributed by atoms with Gasteiger partial charge in [-0.25, -0.2) is 4.79 Å². The fraction of sp³-hybridized carbons (Fsp3) is 0.684. The molecule has 0 saturated carbocycles. The molecule has 1 aromatic heterocycles. The number of carbonyl (C=O) groups excluding carboxylic acids is 2. The first-order valence-electron chi connectivity index (χ1n) is 9.98. The van der Waals surface area contributed by atoms with Crippen LogP contribution in [0.3, 0.4) is 0 Å². The molecule has 11 heteroatoms. The molecule has 0 bridgehead atoms. The Bertz CT molecular complexity index is 877. The van der Waals surface area contributed by atoms with E-state index in [0.29, 0.717) is 12.0 Å². The van der Waals surface area contributed by atoms with Gasteiger partial charge in [0.25, 0.3) is 5.56 Å². The van der Waals surface area contributed by atoms with E-state index in [0.717, 1.165) is 0 Å². The van der Waals surface area contributed by atoms with Crippen molar-refractivity contribution in [2.24, 2.45) is 11.7 Å². The third-order valence-electron chi connectivity index (χ3n) is 4.95. The number of nitrogens with one attached hydrogen (secondary N) is 3. The maximum absolute atomic E-state index is 12.8. The van der Waals surface area contributed by atoms with Gasteiger partial charge >= 0.3 is 5.69 Å². The van der Waals surface area contributed by atoms with Crippen LogP contribution in [0.15, 0.2) is 15.8 Å². The molecular weight excluding hydrogens is 394 g/mol. The van der Waals surface area contributed by atoms with Crippen LogP contribution in [0, 0.1) is 12.8 Å². The van der Waals surface area contributed by atoms with Crippen LogP contribution in [0.5, 0.6) is 0 Å². The molecule has 1 aliphatic heterocycles. The molecule has 1 aliphatic rings. The lowest BCUT2D eigenvalue weighted by molar-refractivity contribution is -0.130. The van der Waals surface area contributed by atoms with Gasteiger partial charge in [-0.05, 0) is 26.2 Å². The predicted octanol–water partition coefficient (Wildman–Crippen LogP) is -1.51. The first-order valence-corrected chi connectivity index (χ1v) is 9.98. The molecule has 30 heavy (non-hydrogen) atoms. The van der Waals surface area contributed by atoms with Crippen molar-refractivity contribution in [2.75, 3.05) is 6.61 Å². The molecular formula is C19H31N5O6. The average molecular weight is 425 g/mol. The van der Waals surface area contributed by atoms with E-state index in [1.165, 1.54) is 17.7 Å². The molecule has 0 spiro atoms. The minimum atomic E-state index is -0.792. The van der Waals surface area contributed by atoms with Gasteiger partial charge in [-0.1, -0.05) is 13.8 Å². The Hall–Kier alpha value is -2.50. The number of hydrogen-bond donors (Lipinski definition) is 5. The number of amides is 2. The zero-order valence-electron chi connectivity index (χ0n) is 17.7. The maximum Gasteiger partial charge on any atom is 0.330 e. The van der Waals surface area contributed by atoms with Crippen molar-refractivity contribution in [3.63, 3.8) is 0 Å². The lowest BCUT2D eigenvalue weighted by atomic mass is 10.0. The summed E-state index contributed by atoms with van der Waals surface area (Å²) in [6, 6.07) is -2.14. The summed E-state index contributed by atoms with van der Waals surface area (Å²) < 4.78 is 6.97. The second-order valence-corrected chi connectivity index (χ2v) is 8.12.